The summed E-state index contributed by atoms with van der Waals surface area (Å²) in [6.45, 7) is 5.06. The van der Waals surface area contributed by atoms with Crippen molar-refractivity contribution in [1.82, 2.24) is 4.98 Å². The fraction of sp³-hybridized carbons (Fsp3) is 0.471. The third-order valence-electron chi connectivity index (χ3n) is 3.47. The number of aryl methyl sites for hydroxylation is 1. The van der Waals surface area contributed by atoms with Crippen molar-refractivity contribution in [3.8, 4) is 5.75 Å². The second kappa shape index (κ2) is 8.73. The van der Waals surface area contributed by atoms with Crippen LogP contribution >= 0.6 is 11.8 Å². The van der Waals surface area contributed by atoms with Crippen LogP contribution < -0.4 is 10.5 Å². The van der Waals surface area contributed by atoms with Gasteiger partial charge in [-0.1, -0.05) is 26.0 Å². The number of aromatic nitrogens is 1. The molecule has 0 aliphatic heterocycles. The highest BCUT2D eigenvalue weighted by atomic mass is 32.2. The molecule has 0 spiro atoms. The lowest BCUT2D eigenvalue weighted by Gasteiger charge is -2.13. The monoisotopic (exact) mass is 321 g/mol. The Bertz CT molecular complexity index is 633. The minimum absolute atomic E-state index is 0.387. The van der Waals surface area contributed by atoms with Crippen molar-refractivity contribution in [3.63, 3.8) is 0 Å². The molecule has 2 rings (SSSR count). The van der Waals surface area contributed by atoms with E-state index < -0.39 is 0 Å². The van der Waals surface area contributed by atoms with Gasteiger partial charge in [0.25, 0.3) is 0 Å². The van der Waals surface area contributed by atoms with Gasteiger partial charge in [-0.05, 0) is 42.2 Å². The Morgan fingerprint density at radius 2 is 2.14 bits per heavy atom. The van der Waals surface area contributed by atoms with E-state index in [2.05, 4.69) is 37.0 Å². The molecule has 22 heavy (non-hydrogen) atoms. The number of aromatic amines is 1. The van der Waals surface area contributed by atoms with E-state index in [9.17, 15) is 4.79 Å². The van der Waals surface area contributed by atoms with E-state index in [1.54, 1.807) is 18.0 Å². The number of hydrogen-bond donors (Lipinski definition) is 1. The maximum absolute atomic E-state index is 10.8. The fourth-order valence-corrected chi connectivity index (χ4v) is 3.19. The standard InChI is InChI=1S/C17H23NO3S/c1-3-13-7-5-8-16(15(13)4-2)20-9-6-10-22-12-14-11-18-17(19)21-14/h5,7-8,11H,3-4,6,9-10,12H2,1-2H3,(H,18,19). The molecular weight excluding hydrogens is 298 g/mol. The highest BCUT2D eigenvalue weighted by Crippen LogP contribution is 2.24. The van der Waals surface area contributed by atoms with Crippen LogP contribution in [0, 0.1) is 0 Å². The summed E-state index contributed by atoms with van der Waals surface area (Å²) in [5.41, 5.74) is 2.70. The molecule has 1 heterocycles. The number of rotatable bonds is 9. The van der Waals surface area contributed by atoms with Gasteiger partial charge in [0.15, 0.2) is 0 Å². The zero-order valence-corrected chi connectivity index (χ0v) is 14.0. The largest absolute Gasteiger partial charge is 0.493 e. The minimum Gasteiger partial charge on any atom is -0.493 e. The van der Waals surface area contributed by atoms with E-state index in [0.717, 1.165) is 30.8 Å². The van der Waals surface area contributed by atoms with Crippen LogP contribution in [0.4, 0.5) is 0 Å². The summed E-state index contributed by atoms with van der Waals surface area (Å²) < 4.78 is 10.9. The first kappa shape index (κ1) is 16.7. The third-order valence-corrected chi connectivity index (χ3v) is 4.54. The molecule has 0 saturated carbocycles. The Morgan fingerprint density at radius 3 is 2.82 bits per heavy atom. The van der Waals surface area contributed by atoms with Gasteiger partial charge in [0.2, 0.25) is 0 Å². The lowest BCUT2D eigenvalue weighted by molar-refractivity contribution is 0.315. The third kappa shape index (κ3) is 4.70. The van der Waals surface area contributed by atoms with E-state index in [1.807, 2.05) is 0 Å². The van der Waals surface area contributed by atoms with Crippen LogP contribution in [0.5, 0.6) is 5.75 Å². The zero-order valence-electron chi connectivity index (χ0n) is 13.2. The first-order valence-electron chi connectivity index (χ1n) is 7.73. The molecule has 0 bridgehead atoms. The Balaban J connectivity index is 1.71. The van der Waals surface area contributed by atoms with Crippen molar-refractivity contribution < 1.29 is 9.15 Å². The van der Waals surface area contributed by atoms with Gasteiger partial charge in [0.05, 0.1) is 12.4 Å². The first-order chi connectivity index (χ1) is 10.7. The lowest BCUT2D eigenvalue weighted by Crippen LogP contribution is -2.03. The molecule has 0 amide bonds. The van der Waals surface area contributed by atoms with Gasteiger partial charge in [0.1, 0.15) is 11.5 Å². The molecule has 0 aliphatic rings. The molecule has 1 N–H and O–H groups in total. The Hall–Kier alpha value is -1.62. The Labute approximate surface area is 135 Å². The molecule has 4 nitrogen and oxygen atoms in total. The van der Waals surface area contributed by atoms with Gasteiger partial charge in [-0.3, -0.25) is 4.98 Å². The Morgan fingerprint density at radius 1 is 1.27 bits per heavy atom. The van der Waals surface area contributed by atoms with E-state index in [1.165, 1.54) is 11.1 Å². The highest BCUT2D eigenvalue weighted by molar-refractivity contribution is 7.98. The van der Waals surface area contributed by atoms with E-state index in [0.29, 0.717) is 18.1 Å². The normalized spacial score (nSPS) is 10.8. The summed E-state index contributed by atoms with van der Waals surface area (Å²) in [5.74, 6) is 3.01. The number of ether oxygens (including phenoxy) is 1. The molecule has 0 saturated heterocycles. The molecule has 120 valence electrons. The van der Waals surface area contributed by atoms with Crippen molar-refractivity contribution in [2.75, 3.05) is 12.4 Å². The SMILES string of the molecule is CCc1cccc(OCCCSCc2c[nH]c(=O)o2)c1CC. The maximum Gasteiger partial charge on any atom is 0.416 e. The lowest BCUT2D eigenvalue weighted by atomic mass is 10.0. The van der Waals surface area contributed by atoms with Crippen LogP contribution in [0.3, 0.4) is 0 Å². The van der Waals surface area contributed by atoms with Crippen molar-refractivity contribution in [3.05, 3.63) is 51.8 Å². The second-order valence-corrected chi connectivity index (χ2v) is 6.11. The smallest absolute Gasteiger partial charge is 0.416 e. The van der Waals surface area contributed by atoms with Crippen LogP contribution in [0.2, 0.25) is 0 Å². The minimum atomic E-state index is -0.387. The summed E-state index contributed by atoms with van der Waals surface area (Å²) in [7, 11) is 0. The van der Waals surface area contributed by atoms with Gasteiger partial charge in [0, 0.05) is 6.20 Å². The van der Waals surface area contributed by atoms with Crippen molar-refractivity contribution >= 4 is 11.8 Å². The number of hydrogen-bond acceptors (Lipinski definition) is 4. The maximum atomic E-state index is 10.8. The van der Waals surface area contributed by atoms with Crippen molar-refractivity contribution in [2.24, 2.45) is 0 Å². The molecule has 1 aromatic heterocycles. The molecule has 0 radical (unpaired) electrons. The van der Waals surface area contributed by atoms with Crippen LogP contribution in [0.1, 0.15) is 37.2 Å². The van der Waals surface area contributed by atoms with Gasteiger partial charge in [-0.25, -0.2) is 4.79 Å². The summed E-state index contributed by atoms with van der Waals surface area (Å²) in [5, 5.41) is 0. The number of benzene rings is 1. The predicted molar refractivity (Wildman–Crippen MR) is 90.8 cm³/mol. The topological polar surface area (TPSA) is 55.2 Å². The van der Waals surface area contributed by atoms with Crippen molar-refractivity contribution in [2.45, 2.75) is 38.9 Å². The van der Waals surface area contributed by atoms with Crippen molar-refractivity contribution in [1.29, 1.82) is 0 Å². The van der Waals surface area contributed by atoms with Gasteiger partial charge in [-0.2, -0.15) is 11.8 Å². The van der Waals surface area contributed by atoms with Crippen LogP contribution in [-0.2, 0) is 18.6 Å². The second-order valence-electron chi connectivity index (χ2n) is 5.00. The van der Waals surface area contributed by atoms with E-state index in [-0.39, 0.29) is 5.76 Å². The first-order valence-corrected chi connectivity index (χ1v) is 8.88. The van der Waals surface area contributed by atoms with E-state index >= 15 is 0 Å². The van der Waals surface area contributed by atoms with Gasteiger partial charge in [-0.15, -0.1) is 0 Å². The number of H-pyrrole nitrogens is 1. The van der Waals surface area contributed by atoms with Crippen LogP contribution in [-0.4, -0.2) is 17.3 Å². The average Bonchev–Trinajstić information content (AvgIpc) is 2.95. The molecule has 0 fully saturated rings. The molecule has 5 heteroatoms. The van der Waals surface area contributed by atoms with Gasteiger partial charge >= 0.3 is 5.76 Å². The van der Waals surface area contributed by atoms with Gasteiger partial charge < -0.3 is 9.15 Å². The quantitative estimate of drug-likeness (QED) is 0.714. The molecule has 1 aromatic carbocycles. The zero-order chi connectivity index (χ0) is 15.8. The summed E-state index contributed by atoms with van der Waals surface area (Å²) in [6.07, 6.45) is 4.63. The summed E-state index contributed by atoms with van der Waals surface area (Å²) in [6, 6.07) is 6.29. The van der Waals surface area contributed by atoms with E-state index in [4.69, 9.17) is 9.15 Å². The average molecular weight is 321 g/mol. The predicted octanol–water partition coefficient (Wildman–Crippen LogP) is 3.80. The fourth-order valence-electron chi connectivity index (χ4n) is 2.38. The van der Waals surface area contributed by atoms with Crippen LogP contribution in [0.25, 0.3) is 0 Å². The Kier molecular flexibility index (Phi) is 6.65. The number of oxazole rings is 1. The molecule has 0 atom stereocenters. The highest BCUT2D eigenvalue weighted by Gasteiger charge is 2.06. The molecule has 0 aliphatic carbocycles. The molecule has 0 unspecified atom stereocenters. The summed E-state index contributed by atoms with van der Waals surface area (Å²) in [4.78, 5) is 13.3. The number of thioether (sulfide) groups is 1. The molecule has 2 aromatic rings. The summed E-state index contributed by atoms with van der Waals surface area (Å²) >= 11 is 1.74. The molecular formula is C17H23NO3S. The van der Waals surface area contributed by atoms with Crippen LogP contribution in [0.15, 0.2) is 33.6 Å². The number of nitrogens with one attached hydrogen (secondary N) is 1.